The topological polar surface area (TPSA) is 99.0 Å². The van der Waals surface area contributed by atoms with E-state index in [4.69, 9.17) is 9.47 Å². The molecule has 1 fully saturated rings. The number of rotatable bonds is 5. The summed E-state index contributed by atoms with van der Waals surface area (Å²) in [6, 6.07) is 20.7. The van der Waals surface area contributed by atoms with Crippen molar-refractivity contribution in [3.8, 4) is 16.9 Å². The van der Waals surface area contributed by atoms with Crippen LogP contribution in [-0.2, 0) is 9.53 Å². The predicted molar refractivity (Wildman–Crippen MR) is 124 cm³/mol. The predicted octanol–water partition coefficient (Wildman–Crippen LogP) is 4.91. The zero-order chi connectivity index (χ0) is 23.7. The molecule has 2 aliphatic rings. The van der Waals surface area contributed by atoms with Crippen LogP contribution >= 0.6 is 0 Å². The fourth-order valence-corrected chi connectivity index (χ4v) is 4.73. The molecule has 0 aromatic heterocycles. The number of benzene rings is 3. The molecule has 1 atom stereocenters. The molecule has 1 unspecified atom stereocenters. The molecule has 0 radical (unpaired) electrons. The van der Waals surface area contributed by atoms with E-state index in [1.807, 2.05) is 36.4 Å². The number of fused-ring (bicyclic) bond motifs is 3. The largest absolute Gasteiger partial charge is 0.448 e. The molecule has 8 nitrogen and oxygen atoms in total. The lowest BCUT2D eigenvalue weighted by Crippen LogP contribution is -2.43. The first-order chi connectivity index (χ1) is 16.5. The Morgan fingerprint density at radius 2 is 1.56 bits per heavy atom. The Balaban J connectivity index is 1.25. The SMILES string of the molecule is O=C(Oc1ccc([N+](=O)[O-])cc1)C1CCCN1C(=O)OCC1c2ccccc2-c2ccccc21. The summed E-state index contributed by atoms with van der Waals surface area (Å²) < 4.78 is 11.1. The third kappa shape index (κ3) is 3.98. The highest BCUT2D eigenvalue weighted by Gasteiger charge is 2.37. The second kappa shape index (κ2) is 8.97. The zero-order valence-electron chi connectivity index (χ0n) is 18.3. The minimum atomic E-state index is -0.758. The van der Waals surface area contributed by atoms with Crippen LogP contribution in [0.4, 0.5) is 10.5 Å². The molecule has 8 heteroatoms. The number of hydrogen-bond acceptors (Lipinski definition) is 6. The quantitative estimate of drug-likeness (QED) is 0.233. The summed E-state index contributed by atoms with van der Waals surface area (Å²) >= 11 is 0. The third-order valence-corrected chi connectivity index (χ3v) is 6.36. The van der Waals surface area contributed by atoms with Crippen LogP contribution in [0.2, 0.25) is 0 Å². The van der Waals surface area contributed by atoms with Crippen molar-refractivity contribution >= 4 is 17.7 Å². The molecule has 0 bridgehead atoms. The van der Waals surface area contributed by atoms with Crippen LogP contribution < -0.4 is 4.74 Å². The number of likely N-dealkylation sites (tertiary alicyclic amines) is 1. The third-order valence-electron chi connectivity index (χ3n) is 6.36. The van der Waals surface area contributed by atoms with Crippen LogP contribution in [0.25, 0.3) is 11.1 Å². The Morgan fingerprint density at radius 1 is 0.941 bits per heavy atom. The number of carbonyl (C=O) groups excluding carboxylic acids is 2. The number of hydrogen-bond donors (Lipinski definition) is 0. The maximum absolute atomic E-state index is 12.9. The van der Waals surface area contributed by atoms with E-state index < -0.39 is 23.0 Å². The molecule has 1 saturated heterocycles. The smallest absolute Gasteiger partial charge is 0.410 e. The lowest BCUT2D eigenvalue weighted by Gasteiger charge is -2.24. The van der Waals surface area contributed by atoms with Crippen molar-refractivity contribution in [3.63, 3.8) is 0 Å². The van der Waals surface area contributed by atoms with Crippen LogP contribution in [0.15, 0.2) is 72.8 Å². The number of nitro groups is 1. The molecule has 3 aromatic carbocycles. The fourth-order valence-electron chi connectivity index (χ4n) is 4.73. The minimum Gasteiger partial charge on any atom is -0.448 e. The van der Waals surface area contributed by atoms with E-state index >= 15 is 0 Å². The molecule has 172 valence electrons. The Bertz CT molecular complexity index is 1210. The summed E-state index contributed by atoms with van der Waals surface area (Å²) in [5, 5.41) is 10.8. The van der Waals surface area contributed by atoms with Gasteiger partial charge < -0.3 is 9.47 Å². The highest BCUT2D eigenvalue weighted by Crippen LogP contribution is 2.44. The number of amides is 1. The van der Waals surface area contributed by atoms with Crippen molar-refractivity contribution in [1.29, 1.82) is 0 Å². The van der Waals surface area contributed by atoms with E-state index in [-0.39, 0.29) is 24.0 Å². The molecule has 0 saturated carbocycles. The summed E-state index contributed by atoms with van der Waals surface area (Å²) in [5.41, 5.74) is 4.43. The molecule has 1 aliphatic heterocycles. The van der Waals surface area contributed by atoms with E-state index in [0.29, 0.717) is 19.4 Å². The number of nitro benzene ring substituents is 1. The molecule has 34 heavy (non-hydrogen) atoms. The zero-order valence-corrected chi connectivity index (χ0v) is 18.3. The van der Waals surface area contributed by atoms with Gasteiger partial charge in [-0.2, -0.15) is 0 Å². The Kier molecular flexibility index (Phi) is 5.71. The fraction of sp³-hybridized carbons (Fsp3) is 0.231. The summed E-state index contributed by atoms with van der Waals surface area (Å²) in [7, 11) is 0. The number of non-ortho nitro benzene ring substituents is 1. The summed E-state index contributed by atoms with van der Waals surface area (Å²) in [6.45, 7) is 0.574. The highest BCUT2D eigenvalue weighted by atomic mass is 16.6. The summed E-state index contributed by atoms with van der Waals surface area (Å²) in [5.74, 6) is -0.459. The first-order valence-electron chi connectivity index (χ1n) is 11.1. The first-order valence-corrected chi connectivity index (χ1v) is 11.1. The summed E-state index contributed by atoms with van der Waals surface area (Å²) in [4.78, 5) is 37.3. The van der Waals surface area contributed by atoms with Crippen molar-refractivity contribution in [1.82, 2.24) is 4.90 Å². The molecule has 1 aliphatic carbocycles. The van der Waals surface area contributed by atoms with Gasteiger partial charge in [-0.3, -0.25) is 15.0 Å². The molecular weight excluding hydrogens is 436 g/mol. The van der Waals surface area contributed by atoms with Crippen LogP contribution in [0, 0.1) is 10.1 Å². The second-order valence-electron chi connectivity index (χ2n) is 8.33. The van der Waals surface area contributed by atoms with Gasteiger partial charge in [-0.05, 0) is 47.2 Å². The maximum atomic E-state index is 12.9. The standard InChI is InChI=1S/C26H22N2O6/c29-25(34-18-13-11-17(12-14-18)28(31)32)24-10-5-15-27(24)26(30)33-16-23-21-8-3-1-6-19(21)20-7-2-4-9-22(20)23/h1-4,6-9,11-14,23-24H,5,10,15-16H2. The van der Waals surface area contributed by atoms with Crippen molar-refractivity contribution in [2.45, 2.75) is 24.8 Å². The van der Waals surface area contributed by atoms with Crippen molar-refractivity contribution in [3.05, 3.63) is 94.0 Å². The van der Waals surface area contributed by atoms with Crippen molar-refractivity contribution < 1.29 is 24.0 Å². The highest BCUT2D eigenvalue weighted by molar-refractivity contribution is 5.84. The molecule has 0 N–H and O–H groups in total. The van der Waals surface area contributed by atoms with E-state index in [1.165, 1.54) is 29.2 Å². The van der Waals surface area contributed by atoms with Gasteiger partial charge in [0.2, 0.25) is 0 Å². The minimum absolute atomic E-state index is 0.0653. The van der Waals surface area contributed by atoms with Gasteiger partial charge in [0.25, 0.3) is 5.69 Å². The summed E-state index contributed by atoms with van der Waals surface area (Å²) in [6.07, 6.45) is 0.574. The van der Waals surface area contributed by atoms with Crippen LogP contribution in [0.5, 0.6) is 5.75 Å². The van der Waals surface area contributed by atoms with Crippen molar-refractivity contribution in [2.24, 2.45) is 0 Å². The molecule has 3 aromatic rings. The number of carbonyl (C=O) groups is 2. The Hall–Kier alpha value is -4.20. The average molecular weight is 458 g/mol. The first kappa shape index (κ1) is 21.6. The number of ether oxygens (including phenoxy) is 2. The Labute approximate surface area is 195 Å². The number of esters is 1. The van der Waals surface area contributed by atoms with Gasteiger partial charge in [0.1, 0.15) is 18.4 Å². The van der Waals surface area contributed by atoms with Gasteiger partial charge in [-0.25, -0.2) is 9.59 Å². The molecule has 5 rings (SSSR count). The van der Waals surface area contributed by atoms with Crippen LogP contribution in [0.1, 0.15) is 29.9 Å². The van der Waals surface area contributed by atoms with Gasteiger partial charge in [-0.1, -0.05) is 48.5 Å². The van der Waals surface area contributed by atoms with Gasteiger partial charge in [0.15, 0.2) is 0 Å². The monoisotopic (exact) mass is 458 g/mol. The normalized spacial score (nSPS) is 16.6. The van der Waals surface area contributed by atoms with Gasteiger partial charge in [0.05, 0.1) is 4.92 Å². The molecule has 1 amide bonds. The molecular formula is C26H22N2O6. The lowest BCUT2D eigenvalue weighted by atomic mass is 9.98. The molecule has 1 heterocycles. The van der Waals surface area contributed by atoms with Crippen molar-refractivity contribution in [2.75, 3.05) is 13.2 Å². The molecule has 0 spiro atoms. The van der Waals surface area contributed by atoms with E-state index in [0.717, 1.165) is 22.3 Å². The van der Waals surface area contributed by atoms with E-state index in [2.05, 4.69) is 12.1 Å². The van der Waals surface area contributed by atoms with Crippen LogP contribution in [0.3, 0.4) is 0 Å². The average Bonchev–Trinajstić information content (AvgIpc) is 3.47. The maximum Gasteiger partial charge on any atom is 0.410 e. The van der Waals surface area contributed by atoms with Gasteiger partial charge in [-0.15, -0.1) is 0 Å². The van der Waals surface area contributed by atoms with Crippen LogP contribution in [-0.4, -0.2) is 41.1 Å². The van der Waals surface area contributed by atoms with E-state index in [9.17, 15) is 19.7 Å². The number of nitrogens with zero attached hydrogens (tertiary/aromatic N) is 2. The lowest BCUT2D eigenvalue weighted by molar-refractivity contribution is -0.384. The second-order valence-corrected chi connectivity index (χ2v) is 8.33. The van der Waals surface area contributed by atoms with Gasteiger partial charge >= 0.3 is 12.1 Å². The Morgan fingerprint density at radius 3 is 2.18 bits per heavy atom. The van der Waals surface area contributed by atoms with Gasteiger partial charge in [0, 0.05) is 24.6 Å². The van der Waals surface area contributed by atoms with E-state index in [1.54, 1.807) is 0 Å².